The molecule has 2 N–H and O–H groups in total. The van der Waals surface area contributed by atoms with Crippen molar-refractivity contribution in [3.8, 4) is 11.5 Å². The second-order valence-corrected chi connectivity index (χ2v) is 5.56. The van der Waals surface area contributed by atoms with Crippen molar-refractivity contribution in [2.24, 2.45) is 0 Å². The zero-order valence-corrected chi connectivity index (χ0v) is 14.3. The van der Waals surface area contributed by atoms with Crippen molar-refractivity contribution in [1.29, 1.82) is 0 Å². The SMILES string of the molecule is COc1ccc(CNCC(C)NC(=O)c2ccccc2)cc1OC. The zero-order chi connectivity index (χ0) is 17.4. The van der Waals surface area contributed by atoms with E-state index in [9.17, 15) is 4.79 Å². The Bertz CT molecular complexity index is 659. The molecule has 0 bridgehead atoms. The van der Waals surface area contributed by atoms with Gasteiger partial charge in [-0.1, -0.05) is 24.3 Å². The summed E-state index contributed by atoms with van der Waals surface area (Å²) >= 11 is 0. The number of benzene rings is 2. The lowest BCUT2D eigenvalue weighted by molar-refractivity contribution is 0.0939. The van der Waals surface area contributed by atoms with Crippen molar-refractivity contribution >= 4 is 5.91 Å². The molecule has 0 heterocycles. The van der Waals surface area contributed by atoms with E-state index in [0.717, 1.165) is 5.56 Å². The number of hydrogen-bond acceptors (Lipinski definition) is 4. The predicted octanol–water partition coefficient (Wildman–Crippen LogP) is 2.61. The maximum Gasteiger partial charge on any atom is 0.251 e. The van der Waals surface area contributed by atoms with Crippen LogP contribution in [0.3, 0.4) is 0 Å². The molecule has 1 amide bonds. The Kier molecular flexibility index (Phi) is 6.63. The highest BCUT2D eigenvalue weighted by Crippen LogP contribution is 2.27. The topological polar surface area (TPSA) is 59.6 Å². The highest BCUT2D eigenvalue weighted by atomic mass is 16.5. The summed E-state index contributed by atoms with van der Waals surface area (Å²) in [6.07, 6.45) is 0. The molecule has 1 atom stereocenters. The number of carbonyl (C=O) groups excluding carboxylic acids is 1. The van der Waals surface area contributed by atoms with Crippen LogP contribution in [0.15, 0.2) is 48.5 Å². The van der Waals surface area contributed by atoms with E-state index >= 15 is 0 Å². The van der Waals surface area contributed by atoms with Gasteiger partial charge in [0.25, 0.3) is 5.91 Å². The third kappa shape index (κ3) is 4.99. The Balaban J connectivity index is 1.80. The van der Waals surface area contributed by atoms with Gasteiger partial charge >= 0.3 is 0 Å². The molecule has 0 aromatic heterocycles. The third-order valence-corrected chi connectivity index (χ3v) is 3.64. The average molecular weight is 328 g/mol. The van der Waals surface area contributed by atoms with Crippen molar-refractivity contribution < 1.29 is 14.3 Å². The molecule has 2 aromatic carbocycles. The minimum absolute atomic E-state index is 0.0258. The second-order valence-electron chi connectivity index (χ2n) is 5.56. The first-order valence-electron chi connectivity index (χ1n) is 7.91. The lowest BCUT2D eigenvalue weighted by atomic mass is 10.2. The van der Waals surface area contributed by atoms with Gasteiger partial charge in [-0.05, 0) is 36.8 Å². The number of nitrogens with one attached hydrogen (secondary N) is 2. The second kappa shape index (κ2) is 8.93. The highest BCUT2D eigenvalue weighted by molar-refractivity contribution is 5.94. The minimum Gasteiger partial charge on any atom is -0.493 e. The predicted molar refractivity (Wildman–Crippen MR) is 94.6 cm³/mol. The maximum atomic E-state index is 12.1. The molecule has 2 aromatic rings. The molecule has 0 aliphatic heterocycles. The van der Waals surface area contributed by atoms with Crippen LogP contribution in [0, 0.1) is 0 Å². The van der Waals surface area contributed by atoms with Crippen LogP contribution >= 0.6 is 0 Å². The molecule has 5 nitrogen and oxygen atoms in total. The molecule has 0 saturated heterocycles. The number of rotatable bonds is 8. The summed E-state index contributed by atoms with van der Waals surface area (Å²) in [5.74, 6) is 1.36. The smallest absolute Gasteiger partial charge is 0.251 e. The van der Waals surface area contributed by atoms with Crippen LogP contribution in [0.1, 0.15) is 22.8 Å². The minimum atomic E-state index is -0.0592. The Hall–Kier alpha value is -2.53. The monoisotopic (exact) mass is 328 g/mol. The number of amides is 1. The van der Waals surface area contributed by atoms with Crippen molar-refractivity contribution in [2.45, 2.75) is 19.5 Å². The quantitative estimate of drug-likeness (QED) is 0.782. The molecule has 128 valence electrons. The molecule has 0 aliphatic carbocycles. The van der Waals surface area contributed by atoms with Crippen LogP contribution in [0.5, 0.6) is 11.5 Å². The number of carbonyl (C=O) groups is 1. The lowest BCUT2D eigenvalue weighted by Crippen LogP contribution is -2.39. The highest BCUT2D eigenvalue weighted by Gasteiger charge is 2.09. The van der Waals surface area contributed by atoms with E-state index < -0.39 is 0 Å². The van der Waals surface area contributed by atoms with Gasteiger partial charge in [0, 0.05) is 24.7 Å². The van der Waals surface area contributed by atoms with Gasteiger partial charge in [0.2, 0.25) is 0 Å². The maximum absolute atomic E-state index is 12.1. The van der Waals surface area contributed by atoms with Crippen LogP contribution in [0.25, 0.3) is 0 Å². The standard InChI is InChI=1S/C19H24N2O3/c1-14(21-19(22)16-7-5-4-6-8-16)12-20-13-15-9-10-17(23-2)18(11-15)24-3/h4-11,14,20H,12-13H2,1-3H3,(H,21,22). The van der Waals surface area contributed by atoms with Crippen molar-refractivity contribution in [3.05, 3.63) is 59.7 Å². The molecular formula is C19H24N2O3. The first kappa shape index (κ1) is 17.8. The van der Waals surface area contributed by atoms with E-state index in [0.29, 0.717) is 30.2 Å². The number of hydrogen-bond donors (Lipinski definition) is 2. The van der Waals surface area contributed by atoms with Crippen molar-refractivity contribution in [3.63, 3.8) is 0 Å². The number of ether oxygens (including phenoxy) is 2. The van der Waals surface area contributed by atoms with Gasteiger partial charge in [-0.3, -0.25) is 4.79 Å². The Labute approximate surface area is 143 Å². The van der Waals surface area contributed by atoms with Crippen molar-refractivity contribution in [2.75, 3.05) is 20.8 Å². The number of methoxy groups -OCH3 is 2. The van der Waals surface area contributed by atoms with Crippen LogP contribution < -0.4 is 20.1 Å². The van der Waals surface area contributed by atoms with E-state index in [4.69, 9.17) is 9.47 Å². The molecule has 2 rings (SSSR count). The largest absolute Gasteiger partial charge is 0.493 e. The fraction of sp³-hybridized carbons (Fsp3) is 0.316. The molecule has 0 radical (unpaired) electrons. The first-order valence-corrected chi connectivity index (χ1v) is 7.91. The van der Waals surface area contributed by atoms with Gasteiger partial charge in [0.15, 0.2) is 11.5 Å². The summed E-state index contributed by atoms with van der Waals surface area (Å²) in [6, 6.07) is 15.1. The summed E-state index contributed by atoms with van der Waals surface area (Å²) in [6.45, 7) is 3.33. The third-order valence-electron chi connectivity index (χ3n) is 3.64. The molecule has 5 heteroatoms. The lowest BCUT2D eigenvalue weighted by Gasteiger charge is -2.15. The van der Waals surface area contributed by atoms with Gasteiger partial charge in [-0.25, -0.2) is 0 Å². The Morgan fingerprint density at radius 1 is 1.04 bits per heavy atom. The van der Waals surface area contributed by atoms with Crippen LogP contribution in [0.4, 0.5) is 0 Å². The zero-order valence-electron chi connectivity index (χ0n) is 14.3. The van der Waals surface area contributed by atoms with E-state index in [-0.39, 0.29) is 11.9 Å². The van der Waals surface area contributed by atoms with Crippen LogP contribution in [-0.4, -0.2) is 32.7 Å². The summed E-state index contributed by atoms with van der Waals surface area (Å²) in [4.78, 5) is 12.1. The average Bonchev–Trinajstić information content (AvgIpc) is 2.62. The molecule has 0 fully saturated rings. The van der Waals surface area contributed by atoms with Crippen LogP contribution in [0.2, 0.25) is 0 Å². The summed E-state index contributed by atoms with van der Waals surface area (Å²) in [5, 5.41) is 6.31. The fourth-order valence-corrected chi connectivity index (χ4v) is 2.37. The molecular weight excluding hydrogens is 304 g/mol. The van der Waals surface area contributed by atoms with Crippen LogP contribution in [-0.2, 0) is 6.54 Å². The fourth-order valence-electron chi connectivity index (χ4n) is 2.37. The Morgan fingerprint density at radius 2 is 1.75 bits per heavy atom. The van der Waals surface area contributed by atoms with E-state index in [2.05, 4.69) is 10.6 Å². The molecule has 24 heavy (non-hydrogen) atoms. The summed E-state index contributed by atoms with van der Waals surface area (Å²) in [7, 11) is 3.24. The van der Waals surface area contributed by atoms with Crippen molar-refractivity contribution in [1.82, 2.24) is 10.6 Å². The molecule has 0 saturated carbocycles. The Morgan fingerprint density at radius 3 is 2.42 bits per heavy atom. The van der Waals surface area contributed by atoms with Gasteiger partial charge in [-0.2, -0.15) is 0 Å². The summed E-state index contributed by atoms with van der Waals surface area (Å²) in [5.41, 5.74) is 1.76. The van der Waals surface area contributed by atoms with E-state index in [1.54, 1.807) is 26.4 Å². The van der Waals surface area contributed by atoms with Gasteiger partial charge in [0.05, 0.1) is 14.2 Å². The van der Waals surface area contributed by atoms with Gasteiger partial charge in [-0.15, -0.1) is 0 Å². The van der Waals surface area contributed by atoms with E-state index in [1.807, 2.05) is 43.3 Å². The normalized spacial score (nSPS) is 11.6. The molecule has 0 spiro atoms. The van der Waals surface area contributed by atoms with Gasteiger partial charge < -0.3 is 20.1 Å². The summed E-state index contributed by atoms with van der Waals surface area (Å²) < 4.78 is 10.5. The van der Waals surface area contributed by atoms with E-state index in [1.165, 1.54) is 0 Å². The first-order chi connectivity index (χ1) is 11.6. The van der Waals surface area contributed by atoms with Gasteiger partial charge in [0.1, 0.15) is 0 Å². The molecule has 0 aliphatic rings. The molecule has 1 unspecified atom stereocenters.